The number of rotatable bonds is 3. The summed E-state index contributed by atoms with van der Waals surface area (Å²) in [6.45, 7) is 1.80. The molecule has 1 aliphatic carbocycles. The van der Waals surface area contributed by atoms with Gasteiger partial charge in [-0.25, -0.2) is 13.1 Å². The molecular weight excluding hydrogens is 270 g/mol. The maximum absolute atomic E-state index is 12.3. The summed E-state index contributed by atoms with van der Waals surface area (Å²) in [6, 6.07) is 6.85. The Morgan fingerprint density at radius 3 is 2.56 bits per heavy atom. The quantitative estimate of drug-likeness (QED) is 0.869. The molecule has 1 aliphatic rings. The second-order valence-corrected chi connectivity index (χ2v) is 7.04. The molecule has 0 amide bonds. The number of alkyl halides is 1. The van der Waals surface area contributed by atoms with E-state index in [1.54, 1.807) is 25.1 Å². The highest BCUT2D eigenvalue weighted by Gasteiger charge is 2.28. The summed E-state index contributed by atoms with van der Waals surface area (Å²) in [6.07, 6.45) is 3.81. The van der Waals surface area contributed by atoms with Crippen molar-refractivity contribution in [2.75, 3.05) is 0 Å². The van der Waals surface area contributed by atoms with Gasteiger partial charge in [-0.3, -0.25) is 0 Å². The van der Waals surface area contributed by atoms with E-state index >= 15 is 0 Å². The van der Waals surface area contributed by atoms with Gasteiger partial charge in [0.2, 0.25) is 10.0 Å². The minimum absolute atomic E-state index is 0.0995. The van der Waals surface area contributed by atoms with Crippen LogP contribution >= 0.6 is 11.6 Å². The molecule has 1 saturated carbocycles. The van der Waals surface area contributed by atoms with E-state index < -0.39 is 10.0 Å². The minimum Gasteiger partial charge on any atom is -0.207 e. The van der Waals surface area contributed by atoms with E-state index in [0.29, 0.717) is 4.90 Å². The van der Waals surface area contributed by atoms with Crippen LogP contribution in [0.25, 0.3) is 0 Å². The van der Waals surface area contributed by atoms with E-state index in [1.165, 1.54) is 0 Å². The van der Waals surface area contributed by atoms with Crippen molar-refractivity contribution in [1.82, 2.24) is 4.72 Å². The lowest BCUT2D eigenvalue weighted by Crippen LogP contribution is -2.42. The second-order valence-electron chi connectivity index (χ2n) is 4.79. The van der Waals surface area contributed by atoms with Crippen LogP contribution in [-0.4, -0.2) is 19.8 Å². The first kappa shape index (κ1) is 13.8. The number of aryl methyl sites for hydroxylation is 1. The monoisotopic (exact) mass is 287 g/mol. The van der Waals surface area contributed by atoms with Crippen molar-refractivity contribution in [3.05, 3.63) is 29.8 Å². The Bertz CT molecular complexity index is 515. The molecule has 2 rings (SSSR count). The van der Waals surface area contributed by atoms with E-state index in [9.17, 15) is 8.42 Å². The largest absolute Gasteiger partial charge is 0.241 e. The number of benzene rings is 1. The fourth-order valence-corrected chi connectivity index (χ4v) is 4.31. The zero-order valence-electron chi connectivity index (χ0n) is 10.4. The number of nitrogens with one attached hydrogen (secondary N) is 1. The van der Waals surface area contributed by atoms with E-state index in [2.05, 4.69) is 4.72 Å². The Balaban J connectivity index is 2.19. The molecule has 1 N–H and O–H groups in total. The first-order valence-electron chi connectivity index (χ1n) is 6.23. The molecule has 100 valence electrons. The maximum atomic E-state index is 12.3. The number of halogens is 1. The SMILES string of the molecule is Cc1ccccc1S(=O)(=O)NC1CCCCC1Cl. The first-order valence-corrected chi connectivity index (χ1v) is 8.15. The molecule has 0 aromatic heterocycles. The molecule has 0 heterocycles. The Morgan fingerprint density at radius 1 is 1.22 bits per heavy atom. The molecule has 18 heavy (non-hydrogen) atoms. The molecule has 2 atom stereocenters. The summed E-state index contributed by atoms with van der Waals surface area (Å²) in [5.41, 5.74) is 0.756. The van der Waals surface area contributed by atoms with Crippen molar-refractivity contribution in [1.29, 1.82) is 0 Å². The van der Waals surface area contributed by atoms with Crippen LogP contribution in [0.3, 0.4) is 0 Å². The van der Waals surface area contributed by atoms with Gasteiger partial charge in [0.1, 0.15) is 0 Å². The number of hydrogen-bond donors (Lipinski definition) is 1. The van der Waals surface area contributed by atoms with Gasteiger partial charge < -0.3 is 0 Å². The zero-order valence-corrected chi connectivity index (χ0v) is 12.0. The average Bonchev–Trinajstić information content (AvgIpc) is 2.32. The lowest BCUT2D eigenvalue weighted by molar-refractivity contribution is 0.418. The van der Waals surface area contributed by atoms with Gasteiger partial charge in [-0.2, -0.15) is 0 Å². The highest BCUT2D eigenvalue weighted by molar-refractivity contribution is 7.89. The summed E-state index contributed by atoms with van der Waals surface area (Å²) in [5, 5.41) is -0.0995. The third-order valence-corrected chi connectivity index (χ3v) is 5.54. The van der Waals surface area contributed by atoms with Crippen molar-refractivity contribution >= 4 is 21.6 Å². The molecule has 5 heteroatoms. The van der Waals surface area contributed by atoms with Gasteiger partial charge in [0, 0.05) is 11.4 Å². The van der Waals surface area contributed by atoms with Crippen molar-refractivity contribution in [3.63, 3.8) is 0 Å². The molecule has 1 aromatic rings. The molecule has 2 unspecified atom stereocenters. The molecule has 3 nitrogen and oxygen atoms in total. The van der Waals surface area contributed by atoms with Crippen LogP contribution in [0.15, 0.2) is 29.2 Å². The summed E-state index contributed by atoms with van der Waals surface area (Å²) in [5.74, 6) is 0. The summed E-state index contributed by atoms with van der Waals surface area (Å²) in [7, 11) is -3.46. The number of sulfonamides is 1. The highest BCUT2D eigenvalue weighted by Crippen LogP contribution is 2.25. The topological polar surface area (TPSA) is 46.2 Å². The Kier molecular flexibility index (Phi) is 4.30. The second kappa shape index (κ2) is 5.59. The fraction of sp³-hybridized carbons (Fsp3) is 0.538. The molecule has 0 saturated heterocycles. The zero-order chi connectivity index (χ0) is 13.2. The van der Waals surface area contributed by atoms with Crippen LogP contribution in [0.1, 0.15) is 31.2 Å². The van der Waals surface area contributed by atoms with Gasteiger partial charge in [0.25, 0.3) is 0 Å². The lowest BCUT2D eigenvalue weighted by Gasteiger charge is -2.27. The van der Waals surface area contributed by atoms with Crippen LogP contribution in [0.2, 0.25) is 0 Å². The average molecular weight is 288 g/mol. The van der Waals surface area contributed by atoms with Crippen LogP contribution in [0, 0.1) is 6.92 Å². The van der Waals surface area contributed by atoms with E-state index in [1.807, 2.05) is 6.07 Å². The predicted molar refractivity (Wildman–Crippen MR) is 73.4 cm³/mol. The van der Waals surface area contributed by atoms with Crippen molar-refractivity contribution in [3.8, 4) is 0 Å². The fourth-order valence-electron chi connectivity index (χ4n) is 2.34. The Hall–Kier alpha value is -0.580. The van der Waals surface area contributed by atoms with Gasteiger partial charge in [-0.05, 0) is 31.4 Å². The standard InChI is InChI=1S/C13H18ClNO2S/c1-10-6-2-5-9-13(10)18(16,17)15-12-8-4-3-7-11(12)14/h2,5-6,9,11-12,15H,3-4,7-8H2,1H3. The third-order valence-electron chi connectivity index (χ3n) is 3.37. The first-order chi connectivity index (χ1) is 8.50. The normalized spacial score (nSPS) is 25.0. The van der Waals surface area contributed by atoms with Crippen molar-refractivity contribution < 1.29 is 8.42 Å². The molecule has 0 spiro atoms. The van der Waals surface area contributed by atoms with Crippen LogP contribution in [-0.2, 0) is 10.0 Å². The van der Waals surface area contributed by atoms with Gasteiger partial charge in [-0.1, -0.05) is 31.0 Å². The molecular formula is C13H18ClNO2S. The molecule has 0 bridgehead atoms. The Morgan fingerprint density at radius 2 is 1.89 bits per heavy atom. The minimum atomic E-state index is -3.46. The summed E-state index contributed by atoms with van der Waals surface area (Å²) in [4.78, 5) is 0.347. The highest BCUT2D eigenvalue weighted by atomic mass is 35.5. The molecule has 1 aromatic carbocycles. The van der Waals surface area contributed by atoms with Gasteiger partial charge in [0.15, 0.2) is 0 Å². The maximum Gasteiger partial charge on any atom is 0.241 e. The van der Waals surface area contributed by atoms with Crippen molar-refractivity contribution in [2.24, 2.45) is 0 Å². The van der Waals surface area contributed by atoms with Crippen LogP contribution < -0.4 is 4.72 Å². The van der Waals surface area contributed by atoms with Gasteiger partial charge in [0.05, 0.1) is 4.90 Å². The third kappa shape index (κ3) is 3.05. The lowest BCUT2D eigenvalue weighted by atomic mass is 9.96. The van der Waals surface area contributed by atoms with Crippen LogP contribution in [0.5, 0.6) is 0 Å². The summed E-state index contributed by atoms with van der Waals surface area (Å²) < 4.78 is 27.3. The number of hydrogen-bond acceptors (Lipinski definition) is 2. The summed E-state index contributed by atoms with van der Waals surface area (Å²) >= 11 is 6.19. The molecule has 0 radical (unpaired) electrons. The van der Waals surface area contributed by atoms with Crippen LogP contribution in [0.4, 0.5) is 0 Å². The van der Waals surface area contributed by atoms with E-state index in [-0.39, 0.29) is 11.4 Å². The van der Waals surface area contributed by atoms with E-state index in [4.69, 9.17) is 11.6 Å². The van der Waals surface area contributed by atoms with Gasteiger partial charge in [-0.15, -0.1) is 11.6 Å². The van der Waals surface area contributed by atoms with Crippen molar-refractivity contribution in [2.45, 2.75) is 48.9 Å². The Labute approximate surface area is 114 Å². The smallest absolute Gasteiger partial charge is 0.207 e. The molecule has 1 fully saturated rings. The molecule has 0 aliphatic heterocycles. The van der Waals surface area contributed by atoms with Gasteiger partial charge >= 0.3 is 0 Å². The predicted octanol–water partition coefficient (Wildman–Crippen LogP) is 2.82. The van der Waals surface area contributed by atoms with E-state index in [0.717, 1.165) is 31.2 Å².